The van der Waals surface area contributed by atoms with Crippen molar-refractivity contribution in [2.75, 3.05) is 13.7 Å². The van der Waals surface area contributed by atoms with Crippen molar-refractivity contribution in [3.63, 3.8) is 0 Å². The normalized spacial score (nSPS) is 18.1. The quantitative estimate of drug-likeness (QED) is 0.946. The van der Waals surface area contributed by atoms with Crippen LogP contribution in [-0.4, -0.2) is 19.8 Å². The Morgan fingerprint density at radius 1 is 1.24 bits per heavy atom. The molecule has 2 aromatic carbocycles. The third-order valence-corrected chi connectivity index (χ3v) is 3.72. The van der Waals surface area contributed by atoms with Crippen molar-refractivity contribution in [1.29, 1.82) is 0 Å². The van der Waals surface area contributed by atoms with E-state index < -0.39 is 6.04 Å². The van der Waals surface area contributed by atoms with Crippen LogP contribution in [0.4, 0.5) is 0 Å². The number of hydrogen-bond donors (Lipinski definition) is 1. The minimum absolute atomic E-state index is 0.299. The van der Waals surface area contributed by atoms with Gasteiger partial charge in [-0.2, -0.15) is 0 Å². The summed E-state index contributed by atoms with van der Waals surface area (Å²) in [6.07, 6.45) is -0.299. The average Bonchev–Trinajstić information content (AvgIpc) is 2.53. The summed E-state index contributed by atoms with van der Waals surface area (Å²) in [6.45, 7) is 0.383. The van der Waals surface area contributed by atoms with Gasteiger partial charge in [0, 0.05) is 10.6 Å². The molecule has 2 aromatic rings. The molecule has 4 nitrogen and oxygen atoms in total. The third-order valence-electron chi connectivity index (χ3n) is 3.48. The van der Waals surface area contributed by atoms with Gasteiger partial charge < -0.3 is 19.9 Å². The second-order valence-corrected chi connectivity index (χ2v) is 5.26. The largest absolute Gasteiger partial charge is 0.496 e. The van der Waals surface area contributed by atoms with Crippen molar-refractivity contribution in [1.82, 2.24) is 0 Å². The summed E-state index contributed by atoms with van der Waals surface area (Å²) < 4.78 is 17.0. The molecule has 0 bridgehead atoms. The van der Waals surface area contributed by atoms with Gasteiger partial charge in [0.15, 0.2) is 17.6 Å². The van der Waals surface area contributed by atoms with Crippen molar-refractivity contribution >= 4 is 11.6 Å². The van der Waals surface area contributed by atoms with Crippen LogP contribution in [0.25, 0.3) is 0 Å². The Kier molecular flexibility index (Phi) is 3.90. The maximum atomic E-state index is 6.33. The molecule has 2 N–H and O–H groups in total. The lowest BCUT2D eigenvalue weighted by Gasteiger charge is -2.31. The molecule has 3 rings (SSSR count). The molecule has 0 aromatic heterocycles. The van der Waals surface area contributed by atoms with Crippen LogP contribution in [0.2, 0.25) is 5.02 Å². The van der Waals surface area contributed by atoms with Crippen LogP contribution in [0.15, 0.2) is 42.5 Å². The van der Waals surface area contributed by atoms with E-state index in [-0.39, 0.29) is 6.10 Å². The number of para-hydroxylation sites is 2. The van der Waals surface area contributed by atoms with Gasteiger partial charge in [-0.3, -0.25) is 0 Å². The van der Waals surface area contributed by atoms with Crippen molar-refractivity contribution in [2.45, 2.75) is 12.1 Å². The number of halogens is 1. The molecule has 0 amide bonds. The van der Waals surface area contributed by atoms with Gasteiger partial charge in [-0.1, -0.05) is 23.7 Å². The van der Waals surface area contributed by atoms with E-state index in [0.717, 1.165) is 11.3 Å². The van der Waals surface area contributed by atoms with Gasteiger partial charge in [-0.05, 0) is 30.3 Å². The van der Waals surface area contributed by atoms with Crippen molar-refractivity contribution in [3.05, 3.63) is 53.1 Å². The molecular formula is C16H16ClNO3. The van der Waals surface area contributed by atoms with E-state index >= 15 is 0 Å². The van der Waals surface area contributed by atoms with E-state index in [2.05, 4.69) is 0 Å². The molecule has 110 valence electrons. The van der Waals surface area contributed by atoms with Gasteiger partial charge in [0.1, 0.15) is 12.4 Å². The smallest absolute Gasteiger partial charge is 0.161 e. The Balaban J connectivity index is 1.87. The fourth-order valence-electron chi connectivity index (χ4n) is 2.38. The number of benzene rings is 2. The summed E-state index contributed by atoms with van der Waals surface area (Å²) in [6, 6.07) is 12.5. The number of methoxy groups -OCH3 is 1. The minimum Gasteiger partial charge on any atom is -0.496 e. The van der Waals surface area contributed by atoms with Crippen LogP contribution in [0, 0.1) is 0 Å². The van der Waals surface area contributed by atoms with E-state index in [1.165, 1.54) is 0 Å². The number of rotatable bonds is 3. The third kappa shape index (κ3) is 2.77. The first-order chi connectivity index (χ1) is 10.2. The molecule has 1 aliphatic heterocycles. The Morgan fingerprint density at radius 3 is 2.76 bits per heavy atom. The Hall–Kier alpha value is -1.91. The van der Waals surface area contributed by atoms with E-state index in [1.54, 1.807) is 25.3 Å². The van der Waals surface area contributed by atoms with Crippen molar-refractivity contribution in [2.24, 2.45) is 5.73 Å². The van der Waals surface area contributed by atoms with E-state index in [4.69, 9.17) is 31.5 Å². The summed E-state index contributed by atoms with van der Waals surface area (Å²) in [5.41, 5.74) is 7.13. The highest BCUT2D eigenvalue weighted by Crippen LogP contribution is 2.36. The molecule has 21 heavy (non-hydrogen) atoms. The van der Waals surface area contributed by atoms with Crippen molar-refractivity contribution in [3.8, 4) is 17.2 Å². The Bertz CT molecular complexity index is 647. The van der Waals surface area contributed by atoms with Crippen LogP contribution in [0.1, 0.15) is 11.6 Å². The predicted molar refractivity (Wildman–Crippen MR) is 81.3 cm³/mol. The molecule has 2 unspecified atom stereocenters. The van der Waals surface area contributed by atoms with Crippen LogP contribution in [-0.2, 0) is 0 Å². The van der Waals surface area contributed by atoms with E-state index in [0.29, 0.717) is 23.1 Å². The van der Waals surface area contributed by atoms with Crippen LogP contribution in [0.5, 0.6) is 17.2 Å². The summed E-state index contributed by atoms with van der Waals surface area (Å²) in [5.74, 6) is 2.12. The van der Waals surface area contributed by atoms with Gasteiger partial charge in [-0.25, -0.2) is 0 Å². The van der Waals surface area contributed by atoms with E-state index in [9.17, 15) is 0 Å². The molecule has 0 spiro atoms. The molecule has 0 radical (unpaired) electrons. The molecule has 0 fully saturated rings. The summed E-state index contributed by atoms with van der Waals surface area (Å²) >= 11 is 6.05. The summed E-state index contributed by atoms with van der Waals surface area (Å²) in [5, 5.41) is 0.610. The molecule has 0 saturated carbocycles. The number of nitrogens with two attached hydrogens (primary N) is 1. The second kappa shape index (κ2) is 5.84. The molecule has 0 saturated heterocycles. The highest BCUT2D eigenvalue weighted by atomic mass is 35.5. The minimum atomic E-state index is -0.396. The molecule has 0 aliphatic carbocycles. The molecular weight excluding hydrogens is 290 g/mol. The topological polar surface area (TPSA) is 53.7 Å². The lowest BCUT2D eigenvalue weighted by atomic mass is 10.0. The Labute approximate surface area is 128 Å². The number of ether oxygens (including phenoxy) is 3. The first-order valence-corrected chi connectivity index (χ1v) is 7.04. The first kappa shape index (κ1) is 14.0. The van der Waals surface area contributed by atoms with Gasteiger partial charge in [0.2, 0.25) is 0 Å². The lowest BCUT2D eigenvalue weighted by Crippen LogP contribution is -2.39. The van der Waals surface area contributed by atoms with Gasteiger partial charge in [-0.15, -0.1) is 0 Å². The number of fused-ring (bicyclic) bond motifs is 1. The zero-order valence-corrected chi connectivity index (χ0v) is 12.3. The summed E-state index contributed by atoms with van der Waals surface area (Å²) in [4.78, 5) is 0. The van der Waals surface area contributed by atoms with Gasteiger partial charge >= 0.3 is 0 Å². The van der Waals surface area contributed by atoms with Crippen LogP contribution >= 0.6 is 11.6 Å². The molecule has 1 aliphatic rings. The SMILES string of the molecule is COc1ccc(Cl)cc1C(N)C1COc2ccccc2O1. The fourth-order valence-corrected chi connectivity index (χ4v) is 2.56. The van der Waals surface area contributed by atoms with Gasteiger partial charge in [0.05, 0.1) is 13.2 Å². The Morgan fingerprint density at radius 2 is 2.00 bits per heavy atom. The highest BCUT2D eigenvalue weighted by molar-refractivity contribution is 6.30. The zero-order valence-electron chi connectivity index (χ0n) is 11.6. The van der Waals surface area contributed by atoms with Crippen LogP contribution < -0.4 is 19.9 Å². The number of hydrogen-bond acceptors (Lipinski definition) is 4. The highest BCUT2D eigenvalue weighted by Gasteiger charge is 2.29. The maximum Gasteiger partial charge on any atom is 0.161 e. The summed E-state index contributed by atoms with van der Waals surface area (Å²) in [7, 11) is 1.60. The van der Waals surface area contributed by atoms with Crippen molar-refractivity contribution < 1.29 is 14.2 Å². The van der Waals surface area contributed by atoms with E-state index in [1.807, 2.05) is 24.3 Å². The molecule has 1 heterocycles. The molecule has 2 atom stereocenters. The monoisotopic (exact) mass is 305 g/mol. The standard InChI is InChI=1S/C16H16ClNO3/c1-19-12-7-6-10(17)8-11(12)16(18)15-9-20-13-4-2-3-5-14(13)21-15/h2-8,15-16H,9,18H2,1H3. The van der Waals surface area contributed by atoms with Crippen LogP contribution in [0.3, 0.4) is 0 Å². The average molecular weight is 306 g/mol. The zero-order chi connectivity index (χ0) is 14.8. The fraction of sp³-hybridized carbons (Fsp3) is 0.250. The first-order valence-electron chi connectivity index (χ1n) is 6.66. The lowest BCUT2D eigenvalue weighted by molar-refractivity contribution is 0.0715. The molecule has 5 heteroatoms. The van der Waals surface area contributed by atoms with Gasteiger partial charge in [0.25, 0.3) is 0 Å². The predicted octanol–water partition coefficient (Wildman–Crippen LogP) is 3.19. The maximum absolute atomic E-state index is 6.33. The second-order valence-electron chi connectivity index (χ2n) is 4.83.